The van der Waals surface area contributed by atoms with Gasteiger partial charge in [-0.05, 0) is 12.3 Å². The average Bonchev–Trinajstić information content (AvgIpc) is 2.96. The molecule has 0 unspecified atom stereocenters. The third kappa shape index (κ3) is 3.58. The molecule has 5 N–H and O–H groups in total. The second-order valence-electron chi connectivity index (χ2n) is 7.25. The van der Waals surface area contributed by atoms with E-state index in [1.165, 1.54) is 13.4 Å². The second kappa shape index (κ2) is 8.00. The summed E-state index contributed by atoms with van der Waals surface area (Å²) in [6, 6.07) is 0. The number of hydrogen-bond donors (Lipinski definition) is 5. The van der Waals surface area contributed by atoms with Crippen molar-refractivity contribution in [2.45, 2.75) is 56.4 Å². The number of esters is 1. The average molecular weight is 390 g/mol. The van der Waals surface area contributed by atoms with E-state index in [2.05, 4.69) is 0 Å². The van der Waals surface area contributed by atoms with Crippen LogP contribution in [0.15, 0.2) is 11.8 Å². The van der Waals surface area contributed by atoms with Crippen LogP contribution in [0, 0.1) is 17.8 Å². The summed E-state index contributed by atoms with van der Waals surface area (Å²) in [6.07, 6.45) is -7.25. The van der Waals surface area contributed by atoms with Crippen LogP contribution in [0.2, 0.25) is 0 Å². The Bertz CT molecular complexity index is 578. The molecule has 3 aliphatic rings. The third-order valence-corrected chi connectivity index (χ3v) is 5.75. The Balaban J connectivity index is 1.80. The summed E-state index contributed by atoms with van der Waals surface area (Å²) in [5.74, 6) is -1.63. The zero-order chi connectivity index (χ0) is 19.9. The summed E-state index contributed by atoms with van der Waals surface area (Å²) in [7, 11) is 1.25. The van der Waals surface area contributed by atoms with E-state index in [-0.39, 0.29) is 11.8 Å². The quantitative estimate of drug-likeness (QED) is 0.336. The van der Waals surface area contributed by atoms with Gasteiger partial charge in [0.2, 0.25) is 6.29 Å². The molecule has 0 aromatic rings. The second-order valence-corrected chi connectivity index (χ2v) is 7.25. The summed E-state index contributed by atoms with van der Waals surface area (Å²) < 4.78 is 21.4. The van der Waals surface area contributed by atoms with E-state index in [1.54, 1.807) is 6.92 Å². The molecule has 0 aromatic carbocycles. The fraction of sp³-hybridized carbons (Fsp3) is 0.824. The number of carbonyl (C=O) groups excluding carboxylic acids is 1. The van der Waals surface area contributed by atoms with E-state index in [1.807, 2.05) is 0 Å². The van der Waals surface area contributed by atoms with Gasteiger partial charge < -0.3 is 44.5 Å². The van der Waals surface area contributed by atoms with Gasteiger partial charge in [0.1, 0.15) is 24.4 Å². The summed E-state index contributed by atoms with van der Waals surface area (Å²) in [4.78, 5) is 12.0. The van der Waals surface area contributed by atoms with E-state index < -0.39 is 61.6 Å². The topological polar surface area (TPSA) is 155 Å². The number of methoxy groups -OCH3 is 1. The summed E-state index contributed by atoms with van der Waals surface area (Å²) >= 11 is 0. The lowest BCUT2D eigenvalue weighted by Crippen LogP contribution is -2.60. The van der Waals surface area contributed by atoms with E-state index >= 15 is 0 Å². The predicted molar refractivity (Wildman–Crippen MR) is 86.6 cm³/mol. The lowest BCUT2D eigenvalue weighted by Gasteiger charge is -2.43. The van der Waals surface area contributed by atoms with Gasteiger partial charge in [0.05, 0.1) is 31.7 Å². The minimum atomic E-state index is -1.58. The van der Waals surface area contributed by atoms with Gasteiger partial charge in [-0.3, -0.25) is 0 Å². The van der Waals surface area contributed by atoms with E-state index in [9.17, 15) is 30.3 Å². The maximum Gasteiger partial charge on any atom is 0.337 e. The van der Waals surface area contributed by atoms with Gasteiger partial charge in [0, 0.05) is 11.8 Å². The molecule has 1 aliphatic carbocycles. The minimum absolute atomic E-state index is 0.279. The van der Waals surface area contributed by atoms with Crippen molar-refractivity contribution in [2.24, 2.45) is 17.8 Å². The maximum absolute atomic E-state index is 12.0. The zero-order valence-corrected chi connectivity index (χ0v) is 15.0. The number of rotatable bonds is 4. The molecule has 3 rings (SSSR count). The van der Waals surface area contributed by atoms with Gasteiger partial charge in [0.25, 0.3) is 0 Å². The van der Waals surface area contributed by atoms with Crippen LogP contribution in [-0.4, -0.2) is 88.3 Å². The largest absolute Gasteiger partial charge is 0.472 e. The zero-order valence-electron chi connectivity index (χ0n) is 15.0. The highest BCUT2D eigenvalue weighted by molar-refractivity contribution is 5.89. The van der Waals surface area contributed by atoms with E-state index in [0.29, 0.717) is 12.0 Å². The Morgan fingerprint density at radius 3 is 2.52 bits per heavy atom. The van der Waals surface area contributed by atoms with Crippen molar-refractivity contribution in [3.8, 4) is 0 Å². The Hall–Kier alpha value is -1.27. The fourth-order valence-corrected chi connectivity index (χ4v) is 4.10. The standard InChI is InChI=1S/C17H26O10/c1-6-9(19)3-7-8(15(23)24-2)5-25-16(11(6)7)27-17-14(22)13(21)12(20)10(4-18)26-17/h5-7,9-14,16-22H,3-4H2,1-2H3/t6-,7+,9-,10+,11+,12+,13-,14+,16-,17-/m1/s1. The van der Waals surface area contributed by atoms with Crippen molar-refractivity contribution in [1.82, 2.24) is 0 Å². The first kappa shape index (κ1) is 20.5. The first-order chi connectivity index (χ1) is 12.8. The molecule has 0 aromatic heterocycles. The van der Waals surface area contributed by atoms with Gasteiger partial charge >= 0.3 is 5.97 Å². The van der Waals surface area contributed by atoms with Gasteiger partial charge in [-0.15, -0.1) is 0 Å². The summed E-state index contributed by atoms with van der Waals surface area (Å²) in [6.45, 7) is 1.21. The number of aliphatic hydroxyl groups excluding tert-OH is 5. The normalized spacial score (nSPS) is 47.0. The van der Waals surface area contributed by atoms with Gasteiger partial charge in [-0.25, -0.2) is 4.79 Å². The van der Waals surface area contributed by atoms with Crippen LogP contribution in [0.3, 0.4) is 0 Å². The highest BCUT2D eigenvalue weighted by atomic mass is 16.8. The highest BCUT2D eigenvalue weighted by Gasteiger charge is 2.53. The monoisotopic (exact) mass is 390 g/mol. The molecule has 0 radical (unpaired) electrons. The molecule has 1 saturated heterocycles. The molecular weight excluding hydrogens is 364 g/mol. The van der Waals surface area contributed by atoms with Crippen molar-refractivity contribution in [1.29, 1.82) is 0 Å². The van der Waals surface area contributed by atoms with E-state index in [0.717, 1.165) is 0 Å². The Labute approximate surface area is 155 Å². The molecule has 2 heterocycles. The molecular formula is C17H26O10. The lowest BCUT2D eigenvalue weighted by atomic mass is 9.83. The Morgan fingerprint density at radius 1 is 1.19 bits per heavy atom. The number of aliphatic hydroxyl groups is 5. The predicted octanol–water partition coefficient (Wildman–Crippen LogP) is -2.15. The molecule has 10 nitrogen and oxygen atoms in total. The number of hydrogen-bond acceptors (Lipinski definition) is 10. The maximum atomic E-state index is 12.0. The molecule has 27 heavy (non-hydrogen) atoms. The Kier molecular flexibility index (Phi) is 6.06. The van der Waals surface area contributed by atoms with Crippen LogP contribution < -0.4 is 0 Å². The number of ether oxygens (including phenoxy) is 4. The number of carbonyl (C=O) groups is 1. The highest BCUT2D eigenvalue weighted by Crippen LogP contribution is 2.47. The molecule has 10 atom stereocenters. The van der Waals surface area contributed by atoms with Crippen LogP contribution in [0.1, 0.15) is 13.3 Å². The minimum Gasteiger partial charge on any atom is -0.472 e. The van der Waals surface area contributed by atoms with Crippen molar-refractivity contribution < 1.29 is 49.3 Å². The van der Waals surface area contributed by atoms with Crippen molar-refractivity contribution in [3.63, 3.8) is 0 Å². The smallest absolute Gasteiger partial charge is 0.337 e. The molecule has 2 fully saturated rings. The van der Waals surface area contributed by atoms with Gasteiger partial charge in [0.15, 0.2) is 6.29 Å². The fourth-order valence-electron chi connectivity index (χ4n) is 4.10. The van der Waals surface area contributed by atoms with Gasteiger partial charge in [-0.2, -0.15) is 0 Å². The molecule has 1 saturated carbocycles. The van der Waals surface area contributed by atoms with Crippen LogP contribution in [-0.2, 0) is 23.7 Å². The van der Waals surface area contributed by atoms with E-state index in [4.69, 9.17) is 18.9 Å². The molecule has 10 heteroatoms. The third-order valence-electron chi connectivity index (χ3n) is 5.75. The lowest BCUT2D eigenvalue weighted by molar-refractivity contribution is -0.342. The molecule has 0 bridgehead atoms. The molecule has 154 valence electrons. The van der Waals surface area contributed by atoms with Crippen LogP contribution >= 0.6 is 0 Å². The molecule has 0 spiro atoms. The summed E-state index contributed by atoms with van der Waals surface area (Å²) in [5.41, 5.74) is 0.291. The SMILES string of the molecule is COC(=O)C1=CO[C@H](O[C@H]2O[C@@H](CO)[C@H](O)[C@@H](O)[C@@H]2O)[C@H]2[C@H](C)[C@H](O)C[C@@H]12. The Morgan fingerprint density at radius 2 is 1.89 bits per heavy atom. The van der Waals surface area contributed by atoms with Crippen LogP contribution in [0.25, 0.3) is 0 Å². The van der Waals surface area contributed by atoms with Gasteiger partial charge in [-0.1, -0.05) is 6.92 Å². The molecule has 2 aliphatic heterocycles. The first-order valence-electron chi connectivity index (χ1n) is 8.88. The first-order valence-corrected chi connectivity index (χ1v) is 8.88. The van der Waals surface area contributed by atoms with Crippen molar-refractivity contribution in [2.75, 3.05) is 13.7 Å². The number of fused-ring (bicyclic) bond motifs is 1. The van der Waals surface area contributed by atoms with Crippen LogP contribution in [0.4, 0.5) is 0 Å². The van der Waals surface area contributed by atoms with Crippen LogP contribution in [0.5, 0.6) is 0 Å². The van der Waals surface area contributed by atoms with Crippen molar-refractivity contribution in [3.05, 3.63) is 11.8 Å². The summed E-state index contributed by atoms with van der Waals surface area (Å²) in [5, 5.41) is 49.4. The molecule has 0 amide bonds. The van der Waals surface area contributed by atoms with Crippen molar-refractivity contribution >= 4 is 5.97 Å².